The maximum atomic E-state index is 6.72. The van der Waals surface area contributed by atoms with Gasteiger partial charge in [-0.2, -0.15) is 0 Å². The van der Waals surface area contributed by atoms with Crippen molar-refractivity contribution in [3.63, 3.8) is 0 Å². The van der Waals surface area contributed by atoms with Crippen LogP contribution in [0.15, 0.2) is 173 Å². The molecule has 5 aromatic heterocycles. The first-order valence-electron chi connectivity index (χ1n) is 18.0. The van der Waals surface area contributed by atoms with Crippen molar-refractivity contribution in [1.82, 2.24) is 8.80 Å². The van der Waals surface area contributed by atoms with Gasteiger partial charge in [0.15, 0.2) is 11.2 Å². The molecule has 13 rings (SSSR count). The quantitative estimate of drug-likeness (QED) is 0.175. The topological polar surface area (TPSA) is 38.3 Å². The number of benzene rings is 8. The lowest BCUT2D eigenvalue weighted by atomic mass is 10.1. The minimum Gasteiger partial charge on any atom is -0.454 e. The first-order valence-corrected chi connectivity index (χ1v) is 18.0. The van der Waals surface area contributed by atoms with Crippen molar-refractivity contribution in [1.29, 1.82) is 0 Å². The van der Waals surface area contributed by atoms with Gasteiger partial charge in [-0.3, -0.25) is 0 Å². The maximum absolute atomic E-state index is 6.72. The van der Waals surface area contributed by atoms with E-state index in [4.69, 9.17) is 8.83 Å². The van der Waals surface area contributed by atoms with Crippen LogP contribution in [-0.2, 0) is 0 Å². The van der Waals surface area contributed by atoms with E-state index in [9.17, 15) is 0 Å². The summed E-state index contributed by atoms with van der Waals surface area (Å²) >= 11 is 0. The number of nitrogens with zero attached hydrogens (tertiary/aromatic N) is 3. The molecular formula is C48H27N3O2. The second kappa shape index (κ2) is 9.75. The van der Waals surface area contributed by atoms with Gasteiger partial charge in [0.25, 0.3) is 0 Å². The molecule has 0 aliphatic rings. The van der Waals surface area contributed by atoms with Crippen molar-refractivity contribution >= 4 is 116 Å². The first-order chi connectivity index (χ1) is 26.3. The normalized spacial score (nSPS) is 12.5. The highest BCUT2D eigenvalue weighted by Gasteiger charge is 2.26. The minimum absolute atomic E-state index is 0.830. The number of aromatic nitrogens is 2. The van der Waals surface area contributed by atoms with E-state index in [2.05, 4.69) is 153 Å². The molecule has 5 nitrogen and oxygen atoms in total. The SMILES string of the molecule is c1ccc2c(c1)oc1c(N(c3ccc4c(c3)n3c5ccccc5c5ccc6c7ccccc7n4c6c53)c3cccc4c3oc3ccccc34)cccc12. The van der Waals surface area contributed by atoms with Crippen LogP contribution in [0, 0.1) is 0 Å². The third kappa shape index (κ3) is 3.42. The van der Waals surface area contributed by atoms with E-state index < -0.39 is 0 Å². The Kier molecular flexibility index (Phi) is 5.06. The van der Waals surface area contributed by atoms with Crippen molar-refractivity contribution in [2.24, 2.45) is 0 Å². The Morgan fingerprint density at radius 2 is 0.811 bits per heavy atom. The molecule has 5 heterocycles. The molecule has 246 valence electrons. The van der Waals surface area contributed by atoms with Crippen LogP contribution in [0.5, 0.6) is 0 Å². The molecular weight excluding hydrogens is 651 g/mol. The number of anilines is 3. The molecule has 0 atom stereocenters. The molecule has 8 aromatic carbocycles. The summed E-state index contributed by atoms with van der Waals surface area (Å²) in [6.45, 7) is 0. The summed E-state index contributed by atoms with van der Waals surface area (Å²) in [6.07, 6.45) is 0. The molecule has 0 aliphatic heterocycles. The smallest absolute Gasteiger partial charge is 0.159 e. The molecule has 0 N–H and O–H groups in total. The third-order valence-electron chi connectivity index (χ3n) is 11.4. The Labute approximate surface area is 301 Å². The van der Waals surface area contributed by atoms with Crippen molar-refractivity contribution in [3.8, 4) is 0 Å². The van der Waals surface area contributed by atoms with Gasteiger partial charge in [0, 0.05) is 48.8 Å². The fraction of sp³-hybridized carbons (Fsp3) is 0. The highest BCUT2D eigenvalue weighted by molar-refractivity contribution is 6.25. The monoisotopic (exact) mass is 677 g/mol. The molecule has 0 aliphatic carbocycles. The summed E-state index contributed by atoms with van der Waals surface area (Å²) in [6, 6.07) is 58.5. The van der Waals surface area contributed by atoms with Crippen LogP contribution in [0.4, 0.5) is 17.1 Å². The first kappa shape index (κ1) is 27.5. The molecule has 0 fully saturated rings. The number of fused-ring (bicyclic) bond motifs is 15. The van der Waals surface area contributed by atoms with Gasteiger partial charge in [-0.1, -0.05) is 109 Å². The van der Waals surface area contributed by atoms with Gasteiger partial charge >= 0.3 is 0 Å². The Hall–Kier alpha value is -7.24. The molecule has 5 heteroatoms. The van der Waals surface area contributed by atoms with Crippen molar-refractivity contribution in [2.75, 3.05) is 4.90 Å². The van der Waals surface area contributed by atoms with Crippen LogP contribution in [0.1, 0.15) is 0 Å². The maximum Gasteiger partial charge on any atom is 0.159 e. The zero-order valence-corrected chi connectivity index (χ0v) is 28.2. The van der Waals surface area contributed by atoms with Gasteiger partial charge in [-0.05, 0) is 54.6 Å². The number of furan rings is 2. The zero-order chi connectivity index (χ0) is 34.4. The van der Waals surface area contributed by atoms with Crippen LogP contribution in [-0.4, -0.2) is 8.80 Å². The molecule has 0 amide bonds. The molecule has 53 heavy (non-hydrogen) atoms. The Balaban J connectivity index is 1.21. The number of hydrogen-bond acceptors (Lipinski definition) is 3. The standard InChI is InChI=1S/C48H27N3O2/c1-5-17-37-29(11-1)33-24-25-34-30-12-2-6-18-38(30)51-42-27-28(23-26-39(42)50(37)45(33)46(34)51)49(40-19-9-15-35-31-13-3-7-21-43(31)52-47(35)40)41-20-10-16-36-32-14-4-8-22-44(32)53-48(36)41/h1-27H. The summed E-state index contributed by atoms with van der Waals surface area (Å²) in [5, 5.41) is 9.36. The van der Waals surface area contributed by atoms with Gasteiger partial charge in [0.1, 0.15) is 11.2 Å². The minimum atomic E-state index is 0.830. The lowest BCUT2D eigenvalue weighted by Crippen LogP contribution is -2.11. The number of hydrogen-bond donors (Lipinski definition) is 0. The molecule has 13 aromatic rings. The lowest BCUT2D eigenvalue weighted by Gasteiger charge is -2.26. The third-order valence-corrected chi connectivity index (χ3v) is 11.4. The van der Waals surface area contributed by atoms with Gasteiger partial charge in [-0.15, -0.1) is 0 Å². The molecule has 0 saturated carbocycles. The van der Waals surface area contributed by atoms with Crippen molar-refractivity contribution in [2.45, 2.75) is 0 Å². The average Bonchev–Trinajstić information content (AvgIpc) is 3.97. The van der Waals surface area contributed by atoms with E-state index in [1.807, 2.05) is 24.3 Å². The zero-order valence-electron chi connectivity index (χ0n) is 28.2. The number of rotatable bonds is 3. The van der Waals surface area contributed by atoms with Crippen molar-refractivity contribution < 1.29 is 8.83 Å². The van der Waals surface area contributed by atoms with E-state index in [0.717, 1.165) is 72.0 Å². The van der Waals surface area contributed by atoms with E-state index in [1.54, 1.807) is 0 Å². The summed E-state index contributed by atoms with van der Waals surface area (Å²) < 4.78 is 18.4. The second-order valence-electron chi connectivity index (χ2n) is 14.1. The second-order valence-corrected chi connectivity index (χ2v) is 14.1. The Morgan fingerprint density at radius 1 is 0.340 bits per heavy atom. The molecule has 0 unspecified atom stereocenters. The molecule has 0 spiro atoms. The van der Waals surface area contributed by atoms with Crippen LogP contribution in [0.25, 0.3) is 98.5 Å². The van der Waals surface area contributed by atoms with E-state index >= 15 is 0 Å². The lowest BCUT2D eigenvalue weighted by molar-refractivity contribution is 0.666. The van der Waals surface area contributed by atoms with E-state index in [1.165, 1.54) is 43.6 Å². The molecule has 0 saturated heterocycles. The highest BCUT2D eigenvalue weighted by Crippen LogP contribution is 2.48. The summed E-state index contributed by atoms with van der Waals surface area (Å²) in [5.41, 5.74) is 13.4. The number of para-hydroxylation sites is 6. The largest absolute Gasteiger partial charge is 0.454 e. The van der Waals surface area contributed by atoms with Crippen LogP contribution in [0.3, 0.4) is 0 Å². The summed E-state index contributed by atoms with van der Waals surface area (Å²) in [5.74, 6) is 0. The van der Waals surface area contributed by atoms with E-state index in [-0.39, 0.29) is 0 Å². The summed E-state index contributed by atoms with van der Waals surface area (Å²) in [7, 11) is 0. The fourth-order valence-electron chi connectivity index (χ4n) is 9.24. The Morgan fingerprint density at radius 3 is 1.38 bits per heavy atom. The fourth-order valence-corrected chi connectivity index (χ4v) is 9.24. The highest BCUT2D eigenvalue weighted by atomic mass is 16.3. The van der Waals surface area contributed by atoms with Crippen LogP contribution in [0.2, 0.25) is 0 Å². The molecule has 0 bridgehead atoms. The van der Waals surface area contributed by atoms with Gasteiger partial charge in [-0.25, -0.2) is 0 Å². The van der Waals surface area contributed by atoms with Crippen LogP contribution < -0.4 is 4.90 Å². The van der Waals surface area contributed by atoms with Gasteiger partial charge in [0.2, 0.25) is 0 Å². The predicted octanol–water partition coefficient (Wildman–Crippen LogP) is 13.5. The van der Waals surface area contributed by atoms with E-state index in [0.29, 0.717) is 0 Å². The van der Waals surface area contributed by atoms with Crippen molar-refractivity contribution in [3.05, 3.63) is 164 Å². The predicted molar refractivity (Wildman–Crippen MR) is 219 cm³/mol. The van der Waals surface area contributed by atoms with Gasteiger partial charge in [0.05, 0.1) is 44.5 Å². The summed E-state index contributed by atoms with van der Waals surface area (Å²) in [4.78, 5) is 2.32. The van der Waals surface area contributed by atoms with Gasteiger partial charge < -0.3 is 22.5 Å². The molecule has 0 radical (unpaired) electrons. The average molecular weight is 678 g/mol. The Bertz CT molecular complexity index is 3540. The van der Waals surface area contributed by atoms with Crippen LogP contribution >= 0.6 is 0 Å².